The minimum Gasteiger partial charge on any atom is -0.302 e. The third kappa shape index (κ3) is 2.70. The Morgan fingerprint density at radius 3 is 2.71 bits per heavy atom. The second kappa shape index (κ2) is 6.29. The Morgan fingerprint density at radius 1 is 1.08 bits per heavy atom. The molecule has 1 amide bonds. The molecule has 4 aromatic rings. The lowest BCUT2D eigenvalue weighted by Crippen LogP contribution is -2.30. The largest absolute Gasteiger partial charge is 0.302 e. The molecule has 3 heterocycles. The normalized spacial score (nSPS) is 10.8. The molecule has 0 saturated heterocycles. The van der Waals surface area contributed by atoms with E-state index in [4.69, 9.17) is 0 Å². The van der Waals surface area contributed by atoms with Gasteiger partial charge in [0.2, 0.25) is 0 Å². The van der Waals surface area contributed by atoms with Crippen molar-refractivity contribution < 1.29 is 4.79 Å². The van der Waals surface area contributed by atoms with Gasteiger partial charge in [-0.05, 0) is 35.7 Å². The molecule has 24 heavy (non-hydrogen) atoms. The van der Waals surface area contributed by atoms with Crippen molar-refractivity contribution in [2.45, 2.75) is 6.54 Å². The van der Waals surface area contributed by atoms with E-state index >= 15 is 0 Å². The Kier molecular flexibility index (Phi) is 3.84. The van der Waals surface area contributed by atoms with Crippen molar-refractivity contribution in [3.63, 3.8) is 0 Å². The second-order valence-corrected chi connectivity index (χ2v) is 6.20. The van der Waals surface area contributed by atoms with Crippen molar-refractivity contribution >= 4 is 28.6 Å². The fraction of sp³-hybridized carbons (Fsp3) is 0.0526. The van der Waals surface area contributed by atoms with Gasteiger partial charge in [0.15, 0.2) is 0 Å². The van der Waals surface area contributed by atoms with E-state index < -0.39 is 0 Å². The number of thiophene rings is 1. The van der Waals surface area contributed by atoms with Gasteiger partial charge in [0.25, 0.3) is 5.91 Å². The van der Waals surface area contributed by atoms with Crippen molar-refractivity contribution in [2.24, 2.45) is 0 Å². The first-order valence-electron chi connectivity index (χ1n) is 7.63. The summed E-state index contributed by atoms with van der Waals surface area (Å²) >= 11 is 1.53. The van der Waals surface area contributed by atoms with Crippen molar-refractivity contribution in [1.29, 1.82) is 0 Å². The molecule has 118 valence electrons. The number of hydrogen-bond donors (Lipinski definition) is 0. The molecule has 0 bridgehead atoms. The number of para-hydroxylation sites is 1. The lowest BCUT2D eigenvalue weighted by molar-refractivity contribution is 0.0985. The van der Waals surface area contributed by atoms with Gasteiger partial charge >= 0.3 is 0 Å². The van der Waals surface area contributed by atoms with Gasteiger partial charge in [-0.1, -0.05) is 24.3 Å². The van der Waals surface area contributed by atoms with Crippen LogP contribution in [0, 0.1) is 0 Å². The smallest absolute Gasteiger partial charge is 0.259 e. The van der Waals surface area contributed by atoms with Crippen LogP contribution in [0.15, 0.2) is 77.8 Å². The highest BCUT2D eigenvalue weighted by Gasteiger charge is 2.19. The summed E-state index contributed by atoms with van der Waals surface area (Å²) in [6.07, 6.45) is 3.79. The first-order chi connectivity index (χ1) is 11.8. The fourth-order valence-corrected chi connectivity index (χ4v) is 3.32. The number of aromatic nitrogens is 2. The summed E-state index contributed by atoms with van der Waals surface area (Å²) < 4.78 is 2.01. The van der Waals surface area contributed by atoms with Gasteiger partial charge in [-0.3, -0.25) is 4.79 Å². The van der Waals surface area contributed by atoms with Gasteiger partial charge in [-0.25, -0.2) is 4.98 Å². The highest BCUT2D eigenvalue weighted by atomic mass is 32.1. The van der Waals surface area contributed by atoms with Crippen LogP contribution in [0.5, 0.6) is 0 Å². The predicted molar refractivity (Wildman–Crippen MR) is 96.5 cm³/mol. The number of pyridine rings is 1. The summed E-state index contributed by atoms with van der Waals surface area (Å²) in [4.78, 5) is 19.2. The van der Waals surface area contributed by atoms with E-state index in [2.05, 4.69) is 4.98 Å². The zero-order chi connectivity index (χ0) is 16.4. The second-order valence-electron chi connectivity index (χ2n) is 5.42. The molecule has 0 aliphatic carbocycles. The van der Waals surface area contributed by atoms with Crippen LogP contribution in [0.25, 0.3) is 5.65 Å². The maximum absolute atomic E-state index is 13.0. The number of anilines is 1. The van der Waals surface area contributed by atoms with Crippen LogP contribution in [0.1, 0.15) is 16.1 Å². The van der Waals surface area contributed by atoms with Crippen molar-refractivity contribution in [1.82, 2.24) is 9.38 Å². The number of imidazole rings is 1. The maximum atomic E-state index is 13.0. The van der Waals surface area contributed by atoms with Crippen molar-refractivity contribution in [3.05, 3.63) is 89.0 Å². The number of hydrogen-bond acceptors (Lipinski definition) is 3. The third-order valence-corrected chi connectivity index (χ3v) is 4.58. The average molecular weight is 333 g/mol. The number of rotatable bonds is 4. The summed E-state index contributed by atoms with van der Waals surface area (Å²) in [5, 5.41) is 3.80. The number of benzene rings is 1. The predicted octanol–water partition coefficient (Wildman–Crippen LogP) is 4.24. The summed E-state index contributed by atoms with van der Waals surface area (Å²) in [5.74, 6) is -0.00617. The van der Waals surface area contributed by atoms with Gasteiger partial charge in [0, 0.05) is 17.3 Å². The Bertz CT molecular complexity index is 961. The Morgan fingerprint density at radius 2 is 1.92 bits per heavy atom. The first-order valence-corrected chi connectivity index (χ1v) is 8.57. The van der Waals surface area contributed by atoms with Gasteiger partial charge in [0.05, 0.1) is 24.0 Å². The lowest BCUT2D eigenvalue weighted by Gasteiger charge is -2.22. The van der Waals surface area contributed by atoms with Crippen LogP contribution >= 0.6 is 11.3 Å². The van der Waals surface area contributed by atoms with E-state index in [1.54, 1.807) is 4.90 Å². The fourth-order valence-electron chi connectivity index (χ4n) is 2.69. The van der Waals surface area contributed by atoms with Gasteiger partial charge in [-0.15, -0.1) is 0 Å². The molecule has 5 heteroatoms. The van der Waals surface area contributed by atoms with E-state index in [1.807, 2.05) is 82.2 Å². The molecular formula is C19H15N3OS. The molecule has 0 atom stereocenters. The molecule has 3 aromatic heterocycles. The molecular weight excluding hydrogens is 318 g/mol. The van der Waals surface area contributed by atoms with Crippen LogP contribution in [0.2, 0.25) is 0 Å². The molecule has 0 radical (unpaired) electrons. The number of fused-ring (bicyclic) bond motifs is 1. The average Bonchev–Trinajstić information content (AvgIpc) is 3.30. The van der Waals surface area contributed by atoms with E-state index in [0.717, 1.165) is 17.0 Å². The molecule has 1 aromatic carbocycles. The van der Waals surface area contributed by atoms with Crippen molar-refractivity contribution in [3.8, 4) is 0 Å². The Hall–Kier alpha value is -2.92. The first kappa shape index (κ1) is 14.7. The third-order valence-electron chi connectivity index (χ3n) is 3.89. The van der Waals surface area contributed by atoms with E-state index in [1.165, 1.54) is 11.3 Å². The standard InChI is InChI=1S/C19H15N3OS/c23-19(15-9-11-24-14-15)22(16-6-2-1-3-7-16)13-17-12-20-18-8-4-5-10-21(17)18/h1-12,14H,13H2. The highest BCUT2D eigenvalue weighted by molar-refractivity contribution is 7.08. The molecule has 0 aliphatic heterocycles. The Balaban J connectivity index is 1.74. The molecule has 0 unspecified atom stereocenters. The van der Waals surface area contributed by atoms with Gasteiger partial charge in [-0.2, -0.15) is 11.3 Å². The molecule has 0 N–H and O–H groups in total. The van der Waals surface area contributed by atoms with Crippen LogP contribution in [0.3, 0.4) is 0 Å². The number of amides is 1. The lowest BCUT2D eigenvalue weighted by atomic mass is 10.2. The molecule has 0 fully saturated rings. The van der Waals surface area contributed by atoms with E-state index in [0.29, 0.717) is 12.1 Å². The number of nitrogens with zero attached hydrogens (tertiary/aromatic N) is 3. The molecule has 4 rings (SSSR count). The zero-order valence-electron chi connectivity index (χ0n) is 12.9. The molecule has 0 saturated carbocycles. The maximum Gasteiger partial charge on any atom is 0.259 e. The van der Waals surface area contributed by atoms with Crippen LogP contribution < -0.4 is 4.90 Å². The molecule has 4 nitrogen and oxygen atoms in total. The minimum absolute atomic E-state index is 0.00617. The topological polar surface area (TPSA) is 37.6 Å². The molecule has 0 spiro atoms. The molecule has 0 aliphatic rings. The van der Waals surface area contributed by atoms with Crippen LogP contribution in [-0.4, -0.2) is 15.3 Å². The summed E-state index contributed by atoms with van der Waals surface area (Å²) in [6, 6.07) is 17.5. The van der Waals surface area contributed by atoms with Crippen molar-refractivity contribution in [2.75, 3.05) is 4.90 Å². The number of carbonyl (C=O) groups excluding carboxylic acids is 1. The Labute approximate surface area is 143 Å². The highest BCUT2D eigenvalue weighted by Crippen LogP contribution is 2.21. The van der Waals surface area contributed by atoms with Crippen LogP contribution in [0.4, 0.5) is 5.69 Å². The summed E-state index contributed by atoms with van der Waals surface area (Å²) in [6.45, 7) is 0.462. The quantitative estimate of drug-likeness (QED) is 0.560. The van der Waals surface area contributed by atoms with Gasteiger partial charge in [0.1, 0.15) is 5.65 Å². The van der Waals surface area contributed by atoms with E-state index in [9.17, 15) is 4.79 Å². The monoisotopic (exact) mass is 333 g/mol. The summed E-state index contributed by atoms with van der Waals surface area (Å²) in [5.41, 5.74) is 3.43. The number of carbonyl (C=O) groups is 1. The van der Waals surface area contributed by atoms with E-state index in [-0.39, 0.29) is 5.91 Å². The SMILES string of the molecule is O=C(c1ccsc1)N(Cc1cnc2ccccn12)c1ccccc1. The van der Waals surface area contributed by atoms with Gasteiger partial charge < -0.3 is 9.30 Å². The summed E-state index contributed by atoms with van der Waals surface area (Å²) in [7, 11) is 0. The van der Waals surface area contributed by atoms with Crippen LogP contribution in [-0.2, 0) is 6.54 Å². The minimum atomic E-state index is -0.00617. The zero-order valence-corrected chi connectivity index (χ0v) is 13.7.